The van der Waals surface area contributed by atoms with Gasteiger partial charge in [0.15, 0.2) is 5.82 Å². The number of carboxylic acids is 2. The Labute approximate surface area is 330 Å². The van der Waals surface area contributed by atoms with Gasteiger partial charge in [-0.1, -0.05) is 35.3 Å². The third-order valence-corrected chi connectivity index (χ3v) is 10.8. The van der Waals surface area contributed by atoms with Crippen LogP contribution in [0.5, 0.6) is 0 Å². The molecule has 5 N–H and O–H groups in total. The number of rotatable bonds is 5. The summed E-state index contributed by atoms with van der Waals surface area (Å²) in [5, 5.41) is 24.4. The first-order valence-electron chi connectivity index (χ1n) is 16.4. The van der Waals surface area contributed by atoms with Crippen molar-refractivity contribution in [3.8, 4) is 0 Å². The molecule has 2 aliphatic heterocycles. The molecule has 23 heteroatoms. The van der Waals surface area contributed by atoms with Crippen molar-refractivity contribution in [1.29, 1.82) is 0 Å². The molecular weight excluding hydrogens is 835 g/mol. The van der Waals surface area contributed by atoms with E-state index in [0.717, 1.165) is 28.2 Å². The number of halogens is 8. The van der Waals surface area contributed by atoms with Crippen molar-refractivity contribution in [3.05, 3.63) is 88.3 Å². The van der Waals surface area contributed by atoms with Crippen LogP contribution in [0.15, 0.2) is 72.0 Å². The molecule has 0 spiro atoms. The van der Waals surface area contributed by atoms with Crippen molar-refractivity contribution < 1.29 is 59.4 Å². The molecule has 2 aromatic heterocycles. The minimum absolute atomic E-state index is 0.0686. The predicted octanol–water partition coefficient (Wildman–Crippen LogP) is 7.46. The maximum absolute atomic E-state index is 13.2. The smallest absolute Gasteiger partial charge is 0.475 e. The molecule has 4 heterocycles. The maximum atomic E-state index is 13.2. The molecule has 6 rings (SSSR count). The quantitative estimate of drug-likeness (QED) is 0.124. The highest BCUT2D eigenvalue weighted by molar-refractivity contribution is 7.89. The molecule has 1 amide bonds. The average molecular weight is 867 g/mol. The zero-order valence-corrected chi connectivity index (χ0v) is 31.4. The van der Waals surface area contributed by atoms with Crippen LogP contribution in [0.4, 0.5) is 55.2 Å². The van der Waals surface area contributed by atoms with Gasteiger partial charge in [0.1, 0.15) is 9.92 Å². The minimum Gasteiger partial charge on any atom is -0.475 e. The van der Waals surface area contributed by atoms with E-state index in [1.54, 1.807) is 24.4 Å². The second-order valence-electron chi connectivity index (χ2n) is 12.2. The van der Waals surface area contributed by atoms with Gasteiger partial charge in [0.2, 0.25) is 21.9 Å². The number of pyridine rings is 1. The van der Waals surface area contributed by atoms with E-state index in [-0.39, 0.29) is 21.7 Å². The Balaban J connectivity index is 0.000000440. The van der Waals surface area contributed by atoms with Gasteiger partial charge in [-0.15, -0.1) is 0 Å². The number of piperidine rings is 1. The van der Waals surface area contributed by atoms with Gasteiger partial charge < -0.3 is 26.2 Å². The van der Waals surface area contributed by atoms with Gasteiger partial charge >= 0.3 is 24.3 Å². The van der Waals surface area contributed by atoms with Crippen LogP contribution in [0, 0.1) is 5.92 Å². The number of nitrogens with zero attached hydrogens (tertiary/aromatic N) is 4. The van der Waals surface area contributed by atoms with Crippen LogP contribution in [0.25, 0.3) is 0 Å². The minimum atomic E-state index is -5.08. The molecule has 6 bridgehead atoms. The number of hydrogen-bond donors (Lipinski definition) is 5. The Kier molecular flexibility index (Phi) is 14.7. The number of aliphatic carboxylic acids is 2. The van der Waals surface area contributed by atoms with E-state index in [1.807, 2.05) is 30.5 Å². The first-order chi connectivity index (χ1) is 26.6. The topological polar surface area (TPSA) is 204 Å². The number of nitrogens with one attached hydrogen (secondary N) is 3. The summed E-state index contributed by atoms with van der Waals surface area (Å²) in [6.07, 6.45) is -2.28. The van der Waals surface area contributed by atoms with Crippen LogP contribution in [0.1, 0.15) is 30.4 Å². The van der Waals surface area contributed by atoms with E-state index in [1.165, 1.54) is 16.6 Å². The highest BCUT2D eigenvalue weighted by atomic mass is 35.5. The molecule has 0 unspecified atom stereocenters. The van der Waals surface area contributed by atoms with Crippen LogP contribution in [-0.4, -0.2) is 81.2 Å². The highest BCUT2D eigenvalue weighted by Crippen LogP contribution is 2.32. The van der Waals surface area contributed by atoms with Gasteiger partial charge in [0, 0.05) is 37.1 Å². The number of carbonyl (C=O) groups is 3. The fourth-order valence-corrected chi connectivity index (χ4v) is 7.46. The van der Waals surface area contributed by atoms with Gasteiger partial charge in [-0.3, -0.25) is 9.78 Å². The number of sulfonamides is 1. The molecule has 57 heavy (non-hydrogen) atoms. The van der Waals surface area contributed by atoms with Crippen molar-refractivity contribution in [1.82, 2.24) is 19.3 Å². The van der Waals surface area contributed by atoms with E-state index in [9.17, 15) is 39.6 Å². The van der Waals surface area contributed by atoms with Crippen LogP contribution >= 0.6 is 23.2 Å². The van der Waals surface area contributed by atoms with Crippen LogP contribution in [0.3, 0.4) is 0 Å². The number of aromatic nitrogens is 3. The monoisotopic (exact) mass is 865 g/mol. The summed E-state index contributed by atoms with van der Waals surface area (Å²) in [5.41, 5.74) is 4.22. The normalized spacial score (nSPS) is 14.6. The molecule has 1 fully saturated rings. The Hall–Kier alpha value is -5.25. The van der Waals surface area contributed by atoms with Gasteiger partial charge in [-0.2, -0.15) is 35.6 Å². The number of carbonyl (C=O) groups excluding carboxylic acids is 1. The lowest BCUT2D eigenvalue weighted by Gasteiger charge is -2.31. The summed E-state index contributed by atoms with van der Waals surface area (Å²) in [7, 11) is -3.69. The van der Waals surface area contributed by atoms with Gasteiger partial charge in [0.25, 0.3) is 0 Å². The van der Waals surface area contributed by atoms with Gasteiger partial charge in [-0.25, -0.2) is 23.0 Å². The summed E-state index contributed by atoms with van der Waals surface area (Å²) in [6.45, 7) is 0.679. The van der Waals surface area contributed by atoms with Crippen molar-refractivity contribution in [2.45, 2.75) is 49.4 Å². The number of aryl methyl sites for hydroxylation is 2. The SMILES string of the molecule is O=C(CC1CCN(S(=O)(=O)c2ccccc2Cl)CC1)Nc1ccc2cc1CCc1cncc(c1)Nc1ncc(Cl)c(n1)N2.O=C(O)C(F)(F)F.O=C(O)C(F)(F)F. The Morgan fingerprint density at radius 2 is 1.47 bits per heavy atom. The summed E-state index contributed by atoms with van der Waals surface area (Å²) in [4.78, 5) is 44.2. The lowest BCUT2D eigenvalue weighted by molar-refractivity contribution is -0.193. The number of hydrogen-bond acceptors (Lipinski definition) is 10. The largest absolute Gasteiger partial charge is 0.490 e. The average Bonchev–Trinajstić information content (AvgIpc) is 3.13. The predicted molar refractivity (Wildman–Crippen MR) is 195 cm³/mol. The fourth-order valence-electron chi connectivity index (χ4n) is 5.36. The number of carboxylic acid groups (broad SMARTS) is 2. The van der Waals surface area contributed by atoms with E-state index < -0.39 is 34.3 Å². The number of benzene rings is 2. The lowest BCUT2D eigenvalue weighted by Crippen LogP contribution is -2.39. The molecule has 0 saturated carbocycles. The van der Waals surface area contributed by atoms with Crippen LogP contribution in [-0.2, 0) is 37.2 Å². The van der Waals surface area contributed by atoms with E-state index in [4.69, 9.17) is 43.0 Å². The van der Waals surface area contributed by atoms with Crippen molar-refractivity contribution in [2.24, 2.45) is 5.92 Å². The summed E-state index contributed by atoms with van der Waals surface area (Å²) in [6, 6.07) is 14.2. The second kappa shape index (κ2) is 18.8. The molecule has 14 nitrogen and oxygen atoms in total. The van der Waals surface area contributed by atoms with Gasteiger partial charge in [-0.05, 0) is 79.1 Å². The molecule has 1 saturated heterocycles. The number of amides is 1. The molecule has 2 aliphatic rings. The van der Waals surface area contributed by atoms with E-state index >= 15 is 0 Å². The lowest BCUT2D eigenvalue weighted by atomic mass is 9.94. The summed E-state index contributed by atoms with van der Waals surface area (Å²) < 4.78 is 91.1. The van der Waals surface area contributed by atoms with Crippen molar-refractivity contribution in [3.63, 3.8) is 0 Å². The maximum Gasteiger partial charge on any atom is 0.490 e. The zero-order chi connectivity index (χ0) is 42.1. The Morgan fingerprint density at radius 1 is 0.842 bits per heavy atom. The molecule has 0 atom stereocenters. The molecule has 0 aliphatic carbocycles. The van der Waals surface area contributed by atoms with Gasteiger partial charge in [0.05, 0.1) is 23.1 Å². The second-order valence-corrected chi connectivity index (χ2v) is 15.0. The highest BCUT2D eigenvalue weighted by Gasteiger charge is 2.39. The number of anilines is 5. The standard InChI is InChI=1S/C30H29Cl2N7O3S.2C2HF3O2/c31-24-3-1-2-4-27(24)43(41,42)39-11-9-19(10-12-39)14-28(40)37-26-8-7-22-15-21(26)6-5-20-13-23(17-33-16-20)36-30-34-18-25(32)29(35-22)38-30;2*3-2(4,5)1(6)7/h1-4,7-8,13,15-19H,5-6,9-12,14H2,(H,37,40)(H2,34,35,36,38);2*(H,6,7). The van der Waals surface area contributed by atoms with E-state index in [0.29, 0.717) is 62.0 Å². The number of alkyl halides is 6. The molecule has 2 aromatic carbocycles. The van der Waals surface area contributed by atoms with Crippen LogP contribution < -0.4 is 16.0 Å². The molecule has 0 radical (unpaired) electrons. The zero-order valence-electron chi connectivity index (χ0n) is 29.0. The molecule has 306 valence electrons. The third kappa shape index (κ3) is 12.9. The Bertz CT molecular complexity index is 2180. The van der Waals surface area contributed by atoms with Crippen LogP contribution in [0.2, 0.25) is 10.0 Å². The first-order valence-corrected chi connectivity index (χ1v) is 18.6. The number of fused-ring (bicyclic) bond motifs is 6. The Morgan fingerprint density at radius 3 is 2.09 bits per heavy atom. The molecule has 4 aromatic rings. The van der Waals surface area contributed by atoms with Crippen molar-refractivity contribution >= 4 is 79.9 Å². The molecular formula is C34H31Cl2F6N7O7S. The third-order valence-electron chi connectivity index (χ3n) is 8.11. The summed E-state index contributed by atoms with van der Waals surface area (Å²) in [5.74, 6) is -4.71. The van der Waals surface area contributed by atoms with E-state index in [2.05, 4.69) is 30.9 Å². The fraction of sp³-hybridized carbons (Fsp3) is 0.294. The van der Waals surface area contributed by atoms with Crippen molar-refractivity contribution in [2.75, 3.05) is 29.0 Å². The summed E-state index contributed by atoms with van der Waals surface area (Å²) >= 11 is 12.5. The first kappa shape index (κ1) is 44.5.